The van der Waals surface area contributed by atoms with E-state index in [2.05, 4.69) is 27.9 Å². The van der Waals surface area contributed by atoms with Crippen LogP contribution in [0.5, 0.6) is 0 Å². The maximum atomic E-state index is 5.79. The van der Waals surface area contributed by atoms with Crippen LogP contribution in [-0.4, -0.2) is 43.1 Å². The Balaban J connectivity index is 1.85. The van der Waals surface area contributed by atoms with Crippen LogP contribution in [0.4, 0.5) is 0 Å². The van der Waals surface area contributed by atoms with E-state index >= 15 is 0 Å². The van der Waals surface area contributed by atoms with Crippen LogP contribution in [-0.2, 0) is 4.74 Å². The molecule has 0 aromatic heterocycles. The smallest absolute Gasteiger partial charge is 0.0701 e. The van der Waals surface area contributed by atoms with E-state index in [4.69, 9.17) is 4.74 Å². The van der Waals surface area contributed by atoms with E-state index in [-0.39, 0.29) is 0 Å². The standard InChI is InChI=1S/C16H32BrNO/c1-18(15-16-11-7-10-14-19-16)13-9-6-4-2-3-5-8-12-17/h16H,2-15H2,1H3. The Labute approximate surface area is 128 Å². The third-order valence-corrected chi connectivity index (χ3v) is 4.52. The number of hydrogen-bond acceptors (Lipinski definition) is 2. The van der Waals surface area contributed by atoms with Crippen molar-refractivity contribution in [2.24, 2.45) is 0 Å². The van der Waals surface area contributed by atoms with Gasteiger partial charge in [0.2, 0.25) is 0 Å². The predicted octanol–water partition coefficient (Wildman–Crippen LogP) is 4.61. The van der Waals surface area contributed by atoms with E-state index < -0.39 is 0 Å². The van der Waals surface area contributed by atoms with E-state index in [0.717, 1.165) is 13.2 Å². The molecule has 2 nitrogen and oxygen atoms in total. The van der Waals surface area contributed by atoms with Crippen molar-refractivity contribution < 1.29 is 4.74 Å². The van der Waals surface area contributed by atoms with Gasteiger partial charge in [-0.2, -0.15) is 0 Å². The second-order valence-corrected chi connectivity index (χ2v) is 6.71. The highest BCUT2D eigenvalue weighted by atomic mass is 79.9. The fourth-order valence-corrected chi connectivity index (χ4v) is 3.15. The zero-order valence-corrected chi connectivity index (χ0v) is 14.3. The highest BCUT2D eigenvalue weighted by Crippen LogP contribution is 2.14. The Kier molecular flexibility index (Phi) is 11.2. The van der Waals surface area contributed by atoms with Gasteiger partial charge in [0.05, 0.1) is 6.10 Å². The topological polar surface area (TPSA) is 12.5 Å². The molecule has 1 aliphatic rings. The molecule has 3 heteroatoms. The van der Waals surface area contributed by atoms with Gasteiger partial charge >= 0.3 is 0 Å². The van der Waals surface area contributed by atoms with Crippen molar-refractivity contribution in [3.63, 3.8) is 0 Å². The Morgan fingerprint density at radius 2 is 1.68 bits per heavy atom. The highest BCUT2D eigenvalue weighted by Gasteiger charge is 2.15. The Bertz CT molecular complexity index is 195. The monoisotopic (exact) mass is 333 g/mol. The number of hydrogen-bond donors (Lipinski definition) is 0. The number of ether oxygens (including phenoxy) is 1. The first-order valence-electron chi connectivity index (χ1n) is 8.19. The van der Waals surface area contributed by atoms with Gasteiger partial charge < -0.3 is 9.64 Å². The number of rotatable bonds is 11. The average Bonchev–Trinajstić information content (AvgIpc) is 2.43. The zero-order valence-electron chi connectivity index (χ0n) is 12.7. The van der Waals surface area contributed by atoms with Gasteiger partial charge in [0.25, 0.3) is 0 Å². The van der Waals surface area contributed by atoms with Gasteiger partial charge in [0, 0.05) is 18.5 Å². The number of alkyl halides is 1. The molecule has 0 N–H and O–H groups in total. The van der Waals surface area contributed by atoms with Crippen LogP contribution in [0.15, 0.2) is 0 Å². The SMILES string of the molecule is CN(CCCCCCCCCBr)CC1CCCCO1. The molecule has 1 heterocycles. The van der Waals surface area contributed by atoms with E-state index in [0.29, 0.717) is 6.10 Å². The van der Waals surface area contributed by atoms with E-state index in [1.165, 1.54) is 76.1 Å². The van der Waals surface area contributed by atoms with Gasteiger partial charge in [-0.25, -0.2) is 0 Å². The molecular formula is C16H32BrNO. The first-order chi connectivity index (χ1) is 9.33. The van der Waals surface area contributed by atoms with Crippen molar-refractivity contribution in [1.82, 2.24) is 4.90 Å². The van der Waals surface area contributed by atoms with E-state index in [9.17, 15) is 0 Å². The van der Waals surface area contributed by atoms with Crippen molar-refractivity contribution in [3.8, 4) is 0 Å². The fraction of sp³-hybridized carbons (Fsp3) is 1.00. The number of halogens is 1. The summed E-state index contributed by atoms with van der Waals surface area (Å²) < 4.78 is 5.79. The Morgan fingerprint density at radius 3 is 2.32 bits per heavy atom. The van der Waals surface area contributed by atoms with Crippen LogP contribution in [0.25, 0.3) is 0 Å². The summed E-state index contributed by atoms with van der Waals surface area (Å²) in [5, 5.41) is 1.17. The molecule has 1 unspecified atom stereocenters. The minimum absolute atomic E-state index is 0.503. The van der Waals surface area contributed by atoms with Crippen molar-refractivity contribution in [2.45, 2.75) is 70.3 Å². The van der Waals surface area contributed by atoms with Crippen LogP contribution in [0.2, 0.25) is 0 Å². The quantitative estimate of drug-likeness (QED) is 0.404. The summed E-state index contributed by atoms with van der Waals surface area (Å²) in [6.45, 7) is 3.35. The summed E-state index contributed by atoms with van der Waals surface area (Å²) >= 11 is 3.48. The molecule has 0 radical (unpaired) electrons. The molecule has 0 amide bonds. The molecule has 19 heavy (non-hydrogen) atoms. The van der Waals surface area contributed by atoms with Crippen molar-refractivity contribution in [2.75, 3.05) is 32.1 Å². The Hall–Kier alpha value is 0.400. The molecule has 1 atom stereocenters. The molecule has 0 saturated carbocycles. The summed E-state index contributed by atoms with van der Waals surface area (Å²) in [4.78, 5) is 2.46. The van der Waals surface area contributed by atoms with Crippen LogP contribution >= 0.6 is 15.9 Å². The molecule has 114 valence electrons. The van der Waals surface area contributed by atoms with Crippen molar-refractivity contribution in [1.29, 1.82) is 0 Å². The van der Waals surface area contributed by atoms with Gasteiger partial charge in [0.1, 0.15) is 0 Å². The van der Waals surface area contributed by atoms with Gasteiger partial charge in [-0.3, -0.25) is 0 Å². The maximum absolute atomic E-state index is 5.79. The second-order valence-electron chi connectivity index (χ2n) is 5.91. The molecule has 0 spiro atoms. The largest absolute Gasteiger partial charge is 0.377 e. The second kappa shape index (κ2) is 12.2. The van der Waals surface area contributed by atoms with Crippen LogP contribution in [0, 0.1) is 0 Å². The molecule has 0 aromatic rings. The molecular weight excluding hydrogens is 302 g/mol. The summed E-state index contributed by atoms with van der Waals surface area (Å²) in [6.07, 6.45) is 14.1. The Morgan fingerprint density at radius 1 is 1.00 bits per heavy atom. The molecule has 0 aliphatic carbocycles. The average molecular weight is 334 g/mol. The summed E-state index contributed by atoms with van der Waals surface area (Å²) in [5.41, 5.74) is 0. The molecule has 1 aliphatic heterocycles. The van der Waals surface area contributed by atoms with Gasteiger partial charge in [-0.15, -0.1) is 0 Å². The summed E-state index contributed by atoms with van der Waals surface area (Å²) in [5.74, 6) is 0. The minimum Gasteiger partial charge on any atom is -0.377 e. The van der Waals surface area contributed by atoms with Crippen LogP contribution < -0.4 is 0 Å². The lowest BCUT2D eigenvalue weighted by molar-refractivity contribution is -0.00161. The lowest BCUT2D eigenvalue weighted by Gasteiger charge is -2.27. The molecule has 1 saturated heterocycles. The van der Waals surface area contributed by atoms with Gasteiger partial charge in [0.15, 0.2) is 0 Å². The number of likely N-dealkylation sites (N-methyl/N-ethyl adjacent to an activating group) is 1. The molecule has 0 bridgehead atoms. The molecule has 1 rings (SSSR count). The first-order valence-corrected chi connectivity index (χ1v) is 9.31. The van der Waals surface area contributed by atoms with Gasteiger partial charge in [-0.1, -0.05) is 48.0 Å². The lowest BCUT2D eigenvalue weighted by Crippen LogP contribution is -2.33. The van der Waals surface area contributed by atoms with Crippen molar-refractivity contribution >= 4 is 15.9 Å². The van der Waals surface area contributed by atoms with Crippen LogP contribution in [0.1, 0.15) is 64.2 Å². The van der Waals surface area contributed by atoms with Gasteiger partial charge in [-0.05, 0) is 45.7 Å². The normalized spacial score (nSPS) is 20.1. The third kappa shape index (κ3) is 9.86. The highest BCUT2D eigenvalue weighted by molar-refractivity contribution is 9.09. The summed E-state index contributed by atoms with van der Waals surface area (Å²) in [6, 6.07) is 0. The number of unbranched alkanes of at least 4 members (excludes halogenated alkanes) is 6. The zero-order chi connectivity index (χ0) is 13.8. The first kappa shape index (κ1) is 17.5. The lowest BCUT2D eigenvalue weighted by atomic mass is 10.1. The van der Waals surface area contributed by atoms with E-state index in [1.807, 2.05) is 0 Å². The molecule has 1 fully saturated rings. The number of nitrogens with zero attached hydrogens (tertiary/aromatic N) is 1. The third-order valence-electron chi connectivity index (χ3n) is 3.96. The minimum atomic E-state index is 0.503. The van der Waals surface area contributed by atoms with E-state index in [1.54, 1.807) is 0 Å². The fourth-order valence-electron chi connectivity index (χ4n) is 2.75. The summed E-state index contributed by atoms with van der Waals surface area (Å²) in [7, 11) is 2.24. The van der Waals surface area contributed by atoms with Crippen LogP contribution in [0.3, 0.4) is 0 Å². The molecule has 0 aromatic carbocycles. The maximum Gasteiger partial charge on any atom is 0.0701 e. The predicted molar refractivity (Wildman–Crippen MR) is 87.2 cm³/mol. The van der Waals surface area contributed by atoms with Crippen molar-refractivity contribution in [3.05, 3.63) is 0 Å².